The number of hydrogen-bond acceptors (Lipinski definition) is 4. The minimum atomic E-state index is -1.63. The van der Waals surface area contributed by atoms with Gasteiger partial charge in [-0.2, -0.15) is 0 Å². The first-order chi connectivity index (χ1) is 6.54. The molecule has 1 fully saturated rings. The fourth-order valence-corrected chi connectivity index (χ4v) is 1.02. The number of hydrogen-bond donors (Lipinski definition) is 3. The fraction of sp³-hybridized carbons (Fsp3) is 0.286. The van der Waals surface area contributed by atoms with E-state index in [0.717, 1.165) is 6.08 Å². The van der Waals surface area contributed by atoms with Gasteiger partial charge in [-0.25, -0.2) is 9.59 Å². The van der Waals surface area contributed by atoms with Crippen molar-refractivity contribution in [2.45, 2.75) is 12.1 Å². The first-order valence-electron chi connectivity index (χ1n) is 3.69. The molecule has 0 bridgehead atoms. The molecule has 3 N–H and O–H groups in total. The quantitative estimate of drug-likeness (QED) is 0.265. The second-order valence-electron chi connectivity index (χ2n) is 2.64. The normalized spacial score (nSPS) is 26.6. The molecule has 76 valence electrons. The number of aldehydes is 1. The Bertz CT molecular complexity index is 311. The highest BCUT2D eigenvalue weighted by atomic mass is 16.4. The molecule has 0 saturated carbocycles. The van der Waals surface area contributed by atoms with Gasteiger partial charge in [0.15, 0.2) is 0 Å². The lowest BCUT2D eigenvalue weighted by Crippen LogP contribution is -2.34. The fourth-order valence-electron chi connectivity index (χ4n) is 1.02. The molecule has 2 atom stereocenters. The lowest BCUT2D eigenvalue weighted by Gasteiger charge is -2.12. The average Bonchev–Trinajstić information content (AvgIpc) is 2.45. The molecular formula is C7H7N2O5-. The summed E-state index contributed by atoms with van der Waals surface area (Å²) < 4.78 is 0. The van der Waals surface area contributed by atoms with E-state index in [9.17, 15) is 19.5 Å². The summed E-state index contributed by atoms with van der Waals surface area (Å²) >= 11 is 0. The highest BCUT2D eigenvalue weighted by Crippen LogP contribution is 2.02. The Labute approximate surface area is 78.4 Å². The van der Waals surface area contributed by atoms with Gasteiger partial charge in [0.25, 0.3) is 0 Å². The number of urea groups is 1. The summed E-state index contributed by atoms with van der Waals surface area (Å²) in [5, 5.41) is 23.4. The van der Waals surface area contributed by atoms with Crippen LogP contribution in [0.3, 0.4) is 0 Å². The number of carboxylic acid groups (broad SMARTS) is 1. The molecule has 7 nitrogen and oxygen atoms in total. The summed E-state index contributed by atoms with van der Waals surface area (Å²) in [4.78, 5) is 31.3. The minimum Gasteiger partial charge on any atom is -0.868 e. The smallest absolute Gasteiger partial charge is 0.320 e. The van der Waals surface area contributed by atoms with Gasteiger partial charge in [0, 0.05) is 0 Å². The molecule has 1 saturated heterocycles. The molecule has 2 unspecified atom stereocenters. The molecule has 0 spiro atoms. The predicted molar refractivity (Wildman–Crippen MR) is 41.0 cm³/mol. The van der Waals surface area contributed by atoms with E-state index in [-0.39, 0.29) is 0 Å². The molecular weight excluding hydrogens is 192 g/mol. The van der Waals surface area contributed by atoms with Gasteiger partial charge in [-0.3, -0.25) is 0 Å². The summed E-state index contributed by atoms with van der Waals surface area (Å²) in [5.74, 6) is -2.79. The molecule has 7 heteroatoms. The van der Waals surface area contributed by atoms with Crippen molar-refractivity contribution < 1.29 is 24.6 Å². The second kappa shape index (κ2) is 3.77. The molecule has 2 amide bonds. The maximum Gasteiger partial charge on any atom is 0.320 e. The number of aliphatic carboxylic acids is 1. The van der Waals surface area contributed by atoms with Crippen LogP contribution in [0.25, 0.3) is 0 Å². The van der Waals surface area contributed by atoms with E-state index in [1.165, 1.54) is 0 Å². The van der Waals surface area contributed by atoms with E-state index in [1.54, 1.807) is 0 Å². The van der Waals surface area contributed by atoms with Crippen molar-refractivity contribution in [1.29, 1.82) is 0 Å². The maximum atomic E-state index is 10.7. The lowest BCUT2D eigenvalue weighted by atomic mass is 10.1. The van der Waals surface area contributed by atoms with Gasteiger partial charge in [-0.05, 0) is 5.76 Å². The summed E-state index contributed by atoms with van der Waals surface area (Å²) in [6, 6.07) is -2.41. The predicted octanol–water partition coefficient (Wildman–Crippen LogP) is -2.44. The highest BCUT2D eigenvalue weighted by molar-refractivity contribution is 5.86. The zero-order valence-electron chi connectivity index (χ0n) is 6.89. The van der Waals surface area contributed by atoms with Crippen LogP contribution in [0.15, 0.2) is 11.8 Å². The van der Waals surface area contributed by atoms with Crippen molar-refractivity contribution in [2.24, 2.45) is 0 Å². The third-order valence-electron chi connectivity index (χ3n) is 1.67. The van der Waals surface area contributed by atoms with E-state index in [4.69, 9.17) is 5.11 Å². The number of nitrogens with one attached hydrogen (secondary N) is 2. The second-order valence-corrected chi connectivity index (χ2v) is 2.64. The average molecular weight is 199 g/mol. The summed E-state index contributed by atoms with van der Waals surface area (Å²) in [5.41, 5.74) is 0. The van der Waals surface area contributed by atoms with Crippen LogP contribution in [-0.4, -0.2) is 35.5 Å². The summed E-state index contributed by atoms with van der Waals surface area (Å²) in [7, 11) is 0. The Morgan fingerprint density at radius 3 is 2.50 bits per heavy atom. The van der Waals surface area contributed by atoms with Crippen LogP contribution in [0.5, 0.6) is 0 Å². The highest BCUT2D eigenvalue weighted by Gasteiger charge is 2.29. The third kappa shape index (κ3) is 2.00. The van der Waals surface area contributed by atoms with Gasteiger partial charge in [0.05, 0.1) is 6.04 Å². The van der Waals surface area contributed by atoms with Crippen LogP contribution >= 0.6 is 0 Å². The number of rotatable bonds is 3. The largest absolute Gasteiger partial charge is 0.868 e. The lowest BCUT2D eigenvalue weighted by molar-refractivity contribution is -0.303. The van der Waals surface area contributed by atoms with Crippen LogP contribution in [0.4, 0.5) is 4.79 Å². The van der Waals surface area contributed by atoms with Gasteiger partial charge >= 0.3 is 12.0 Å². The van der Waals surface area contributed by atoms with Crippen molar-refractivity contribution >= 4 is 18.3 Å². The Balaban J connectivity index is 2.77. The van der Waals surface area contributed by atoms with Crippen LogP contribution in [0.1, 0.15) is 0 Å². The van der Waals surface area contributed by atoms with Gasteiger partial charge in [0.1, 0.15) is 12.3 Å². The van der Waals surface area contributed by atoms with E-state index in [0.29, 0.717) is 6.29 Å². The van der Waals surface area contributed by atoms with E-state index < -0.39 is 29.8 Å². The van der Waals surface area contributed by atoms with Crippen molar-refractivity contribution in [3.05, 3.63) is 11.8 Å². The summed E-state index contributed by atoms with van der Waals surface area (Å²) in [6.07, 6.45) is 1.20. The number of carbonyl (C=O) groups excluding carboxylic acids is 2. The van der Waals surface area contributed by atoms with Crippen molar-refractivity contribution in [1.82, 2.24) is 10.6 Å². The van der Waals surface area contributed by atoms with Crippen LogP contribution in [-0.2, 0) is 9.59 Å². The molecule has 1 aliphatic heterocycles. The Morgan fingerprint density at radius 1 is 1.43 bits per heavy atom. The first-order valence-corrected chi connectivity index (χ1v) is 3.69. The number of carbonyl (C=O) groups is 3. The number of amides is 2. The Kier molecular flexibility index (Phi) is 2.70. The summed E-state index contributed by atoms with van der Waals surface area (Å²) in [6.45, 7) is 0. The first kappa shape index (κ1) is 10.0. The molecule has 0 radical (unpaired) electrons. The van der Waals surface area contributed by atoms with Gasteiger partial charge < -0.3 is 25.6 Å². The van der Waals surface area contributed by atoms with Gasteiger partial charge in [-0.1, -0.05) is 6.08 Å². The Hall–Kier alpha value is -2.05. The molecule has 0 aromatic rings. The van der Waals surface area contributed by atoms with Crippen molar-refractivity contribution in [2.75, 3.05) is 0 Å². The van der Waals surface area contributed by atoms with Crippen molar-refractivity contribution in [3.8, 4) is 0 Å². The molecule has 1 aliphatic rings. The monoisotopic (exact) mass is 199 g/mol. The SMILES string of the molecule is O=CC1NC(=O)NC1/C=C(/[O-])C(=O)O. The zero-order chi connectivity index (χ0) is 10.7. The Morgan fingerprint density at radius 2 is 2.00 bits per heavy atom. The van der Waals surface area contributed by atoms with Crippen LogP contribution in [0, 0.1) is 0 Å². The van der Waals surface area contributed by atoms with E-state index in [1.807, 2.05) is 0 Å². The van der Waals surface area contributed by atoms with E-state index in [2.05, 4.69) is 10.6 Å². The molecule has 1 heterocycles. The maximum absolute atomic E-state index is 10.7. The molecule has 14 heavy (non-hydrogen) atoms. The topological polar surface area (TPSA) is 119 Å². The molecule has 0 aromatic heterocycles. The minimum absolute atomic E-state index is 0.425. The van der Waals surface area contributed by atoms with E-state index >= 15 is 0 Å². The molecule has 0 aromatic carbocycles. The zero-order valence-corrected chi connectivity index (χ0v) is 6.89. The molecule has 1 rings (SSSR count). The van der Waals surface area contributed by atoms with Gasteiger partial charge in [0.2, 0.25) is 0 Å². The number of carboxylic acids is 1. The van der Waals surface area contributed by atoms with Crippen molar-refractivity contribution in [3.63, 3.8) is 0 Å². The standard InChI is InChI=1S/C7H8N2O5/c10-2-4-3(8-7(14)9-4)1-5(11)6(12)13/h1-4,11H,(H,12,13)(H2,8,9,14)/p-1/b5-1+. The molecule has 0 aliphatic carbocycles. The van der Waals surface area contributed by atoms with Gasteiger partial charge in [-0.15, -0.1) is 0 Å². The third-order valence-corrected chi connectivity index (χ3v) is 1.67. The van der Waals surface area contributed by atoms with Crippen LogP contribution < -0.4 is 15.7 Å². The van der Waals surface area contributed by atoms with Crippen LogP contribution in [0.2, 0.25) is 0 Å².